The maximum absolute atomic E-state index is 12.5. The number of nitrogens with zero attached hydrogens (tertiary/aromatic N) is 2. The van der Waals surface area contributed by atoms with Crippen LogP contribution in [0.5, 0.6) is 0 Å². The first-order valence-electron chi connectivity index (χ1n) is 6.61. The summed E-state index contributed by atoms with van der Waals surface area (Å²) in [7, 11) is 0. The summed E-state index contributed by atoms with van der Waals surface area (Å²) < 4.78 is 0. The van der Waals surface area contributed by atoms with Crippen LogP contribution < -0.4 is 0 Å². The van der Waals surface area contributed by atoms with Gasteiger partial charge in [0.15, 0.2) is 0 Å². The van der Waals surface area contributed by atoms with E-state index >= 15 is 0 Å². The molecule has 0 aliphatic carbocycles. The molecule has 20 heavy (non-hydrogen) atoms. The van der Waals surface area contributed by atoms with Crippen molar-refractivity contribution in [1.82, 2.24) is 4.90 Å². The van der Waals surface area contributed by atoms with Crippen LogP contribution in [0, 0.1) is 22.0 Å². The molecule has 0 saturated carbocycles. The van der Waals surface area contributed by atoms with Crippen molar-refractivity contribution in [2.24, 2.45) is 11.8 Å². The normalized spacial score (nSPS) is 22.6. The molecule has 2 atom stereocenters. The fraction of sp³-hybridized carbons (Fsp3) is 0.500. The van der Waals surface area contributed by atoms with E-state index in [4.69, 9.17) is 11.6 Å². The molecule has 2 rings (SSSR count). The van der Waals surface area contributed by atoms with Gasteiger partial charge in [-0.05, 0) is 24.3 Å². The van der Waals surface area contributed by atoms with Crippen molar-refractivity contribution in [3.05, 3.63) is 38.9 Å². The second-order valence-electron chi connectivity index (χ2n) is 5.58. The van der Waals surface area contributed by atoms with Gasteiger partial charge in [-0.3, -0.25) is 14.9 Å². The minimum Gasteiger partial charge on any atom is -0.338 e. The Morgan fingerprint density at radius 1 is 1.35 bits per heavy atom. The van der Waals surface area contributed by atoms with E-state index in [1.807, 2.05) is 0 Å². The summed E-state index contributed by atoms with van der Waals surface area (Å²) in [4.78, 5) is 24.5. The lowest BCUT2D eigenvalue weighted by atomic mass is 9.91. The van der Waals surface area contributed by atoms with Crippen LogP contribution in [0.15, 0.2) is 18.2 Å². The highest BCUT2D eigenvalue weighted by Crippen LogP contribution is 2.27. The van der Waals surface area contributed by atoms with Crippen molar-refractivity contribution in [3.8, 4) is 0 Å². The van der Waals surface area contributed by atoms with E-state index in [-0.39, 0.29) is 22.2 Å². The highest BCUT2D eigenvalue weighted by atomic mass is 35.5. The molecule has 1 amide bonds. The second-order valence-corrected chi connectivity index (χ2v) is 5.98. The molecule has 0 spiro atoms. The summed E-state index contributed by atoms with van der Waals surface area (Å²) in [5.74, 6) is 0.637. The molecule has 0 unspecified atom stereocenters. The molecule has 1 aromatic rings. The number of amides is 1. The van der Waals surface area contributed by atoms with Crippen molar-refractivity contribution in [3.63, 3.8) is 0 Å². The Bertz CT molecular complexity index is 537. The van der Waals surface area contributed by atoms with E-state index < -0.39 is 4.92 Å². The van der Waals surface area contributed by atoms with Gasteiger partial charge in [-0.15, -0.1) is 0 Å². The molecule has 0 radical (unpaired) electrons. The fourth-order valence-electron chi connectivity index (χ4n) is 2.79. The zero-order valence-electron chi connectivity index (χ0n) is 11.5. The highest BCUT2D eigenvalue weighted by molar-refractivity contribution is 6.33. The number of carbonyl (C=O) groups is 1. The number of hydrogen-bond acceptors (Lipinski definition) is 3. The number of hydrogen-bond donors (Lipinski definition) is 0. The van der Waals surface area contributed by atoms with Gasteiger partial charge in [0.05, 0.1) is 15.5 Å². The number of likely N-dealkylation sites (tertiary alicyclic amines) is 1. The molecule has 5 nitrogen and oxygen atoms in total. The summed E-state index contributed by atoms with van der Waals surface area (Å²) >= 11 is 6.02. The number of halogens is 1. The summed E-state index contributed by atoms with van der Waals surface area (Å²) in [5.41, 5.74) is 0.0954. The van der Waals surface area contributed by atoms with Crippen LogP contribution in [0.25, 0.3) is 0 Å². The Labute approximate surface area is 122 Å². The summed E-state index contributed by atoms with van der Waals surface area (Å²) in [5, 5.41) is 11.1. The van der Waals surface area contributed by atoms with E-state index in [0.717, 1.165) is 6.42 Å². The molecule has 1 aliphatic rings. The van der Waals surface area contributed by atoms with Crippen molar-refractivity contribution >= 4 is 23.2 Å². The van der Waals surface area contributed by atoms with Gasteiger partial charge < -0.3 is 4.90 Å². The van der Waals surface area contributed by atoms with E-state index in [2.05, 4.69) is 13.8 Å². The Morgan fingerprint density at radius 3 is 2.50 bits per heavy atom. The number of benzene rings is 1. The smallest absolute Gasteiger partial charge is 0.270 e. The third-order valence-electron chi connectivity index (χ3n) is 3.55. The Balaban J connectivity index is 2.28. The number of carbonyl (C=O) groups excluding carboxylic acids is 1. The van der Waals surface area contributed by atoms with Crippen LogP contribution in [-0.4, -0.2) is 28.8 Å². The molecule has 1 aromatic carbocycles. The third-order valence-corrected chi connectivity index (χ3v) is 3.88. The number of piperidine rings is 1. The molecule has 0 N–H and O–H groups in total. The van der Waals surface area contributed by atoms with Gasteiger partial charge in [-0.2, -0.15) is 0 Å². The average Bonchev–Trinajstić information content (AvgIpc) is 2.37. The zero-order valence-corrected chi connectivity index (χ0v) is 12.3. The fourth-order valence-corrected chi connectivity index (χ4v) is 2.99. The van der Waals surface area contributed by atoms with Crippen LogP contribution >= 0.6 is 11.6 Å². The number of nitro groups is 1. The van der Waals surface area contributed by atoms with Crippen molar-refractivity contribution in [2.75, 3.05) is 13.1 Å². The van der Waals surface area contributed by atoms with Gasteiger partial charge in [-0.25, -0.2) is 0 Å². The van der Waals surface area contributed by atoms with Gasteiger partial charge in [-0.1, -0.05) is 25.4 Å². The van der Waals surface area contributed by atoms with Crippen molar-refractivity contribution in [1.29, 1.82) is 0 Å². The molecule has 1 heterocycles. The first kappa shape index (κ1) is 14.8. The van der Waals surface area contributed by atoms with E-state index in [9.17, 15) is 14.9 Å². The maximum Gasteiger partial charge on any atom is 0.270 e. The lowest BCUT2D eigenvalue weighted by molar-refractivity contribution is -0.384. The number of rotatable bonds is 2. The van der Waals surface area contributed by atoms with Crippen LogP contribution in [0.1, 0.15) is 30.6 Å². The predicted octanol–water partition coefficient (Wildman–Crippen LogP) is 3.37. The lowest BCUT2D eigenvalue weighted by Crippen LogP contribution is -2.42. The van der Waals surface area contributed by atoms with Gasteiger partial charge in [0.1, 0.15) is 0 Å². The standard InChI is InChI=1S/C14H17ClN2O3/c1-9-5-10(2)8-16(7-9)14(18)12-6-11(17(19)20)3-4-13(12)15/h3-4,6,9-10H,5,7-8H2,1-2H3/t9-,10-/m0/s1. The molecular formula is C14H17ClN2O3. The molecule has 0 aromatic heterocycles. The Morgan fingerprint density at radius 2 is 1.95 bits per heavy atom. The lowest BCUT2D eigenvalue weighted by Gasteiger charge is -2.35. The molecule has 108 valence electrons. The highest BCUT2D eigenvalue weighted by Gasteiger charge is 2.28. The predicted molar refractivity (Wildman–Crippen MR) is 77.0 cm³/mol. The van der Waals surface area contributed by atoms with Crippen LogP contribution in [-0.2, 0) is 0 Å². The molecule has 1 fully saturated rings. The SMILES string of the molecule is C[C@H]1C[C@H](C)CN(C(=O)c2cc([N+](=O)[O-])ccc2Cl)C1. The van der Waals surface area contributed by atoms with Crippen LogP contribution in [0.2, 0.25) is 5.02 Å². The molecule has 6 heteroatoms. The molecule has 0 bridgehead atoms. The monoisotopic (exact) mass is 296 g/mol. The zero-order chi connectivity index (χ0) is 14.9. The van der Waals surface area contributed by atoms with E-state index in [0.29, 0.717) is 24.9 Å². The maximum atomic E-state index is 12.5. The summed E-state index contributed by atoms with van der Waals surface area (Å²) in [6, 6.07) is 3.97. The van der Waals surface area contributed by atoms with Crippen molar-refractivity contribution in [2.45, 2.75) is 20.3 Å². The van der Waals surface area contributed by atoms with Gasteiger partial charge in [0.2, 0.25) is 0 Å². The van der Waals surface area contributed by atoms with Gasteiger partial charge in [0.25, 0.3) is 11.6 Å². The minimum atomic E-state index is -0.519. The second kappa shape index (κ2) is 5.79. The quantitative estimate of drug-likeness (QED) is 0.621. The van der Waals surface area contributed by atoms with Gasteiger partial charge >= 0.3 is 0 Å². The minimum absolute atomic E-state index is 0.115. The Kier molecular flexibility index (Phi) is 4.28. The molecule has 1 aliphatic heterocycles. The summed E-state index contributed by atoms with van der Waals surface area (Å²) in [6.07, 6.45) is 1.09. The average molecular weight is 297 g/mol. The molecular weight excluding hydrogens is 280 g/mol. The number of non-ortho nitro benzene ring substituents is 1. The van der Waals surface area contributed by atoms with Crippen LogP contribution in [0.4, 0.5) is 5.69 Å². The first-order valence-corrected chi connectivity index (χ1v) is 6.99. The topological polar surface area (TPSA) is 63.5 Å². The largest absolute Gasteiger partial charge is 0.338 e. The van der Waals surface area contributed by atoms with Gasteiger partial charge in [0, 0.05) is 25.2 Å². The number of nitro benzene ring substituents is 1. The third kappa shape index (κ3) is 3.10. The summed E-state index contributed by atoms with van der Waals surface area (Å²) in [6.45, 7) is 5.54. The van der Waals surface area contributed by atoms with E-state index in [1.165, 1.54) is 18.2 Å². The molecule has 1 saturated heterocycles. The Hall–Kier alpha value is -1.62. The first-order chi connectivity index (χ1) is 9.38. The van der Waals surface area contributed by atoms with E-state index in [1.54, 1.807) is 4.90 Å². The van der Waals surface area contributed by atoms with Crippen LogP contribution in [0.3, 0.4) is 0 Å². The van der Waals surface area contributed by atoms with Crippen molar-refractivity contribution < 1.29 is 9.72 Å².